The van der Waals surface area contributed by atoms with Crippen LogP contribution in [-0.4, -0.2) is 9.91 Å². The topological polar surface area (TPSA) is 56.0 Å². The fourth-order valence-corrected chi connectivity index (χ4v) is 2.91. The fourth-order valence-electron chi connectivity index (χ4n) is 1.96. The summed E-state index contributed by atoms with van der Waals surface area (Å²) in [6.45, 7) is 1.69. The quantitative estimate of drug-likeness (QED) is 0.521. The molecule has 1 aromatic heterocycles. The molecule has 3 aromatic rings. The first-order valence-electron chi connectivity index (χ1n) is 5.86. The lowest BCUT2D eigenvalue weighted by Gasteiger charge is -1.99. The van der Waals surface area contributed by atoms with Gasteiger partial charge in [0.1, 0.15) is 10.8 Å². The van der Waals surface area contributed by atoms with Gasteiger partial charge >= 0.3 is 0 Å². The van der Waals surface area contributed by atoms with Crippen molar-refractivity contribution in [2.75, 3.05) is 0 Å². The first-order valence-corrected chi connectivity index (χ1v) is 6.68. The van der Waals surface area contributed by atoms with Crippen LogP contribution in [0.5, 0.6) is 0 Å². The Kier molecular flexibility index (Phi) is 2.94. The molecular weight excluding hydrogens is 279 g/mol. The average Bonchev–Trinajstić information content (AvgIpc) is 2.81. The van der Waals surface area contributed by atoms with E-state index in [1.807, 2.05) is 0 Å². The largest absolute Gasteiger partial charge is 0.273 e. The van der Waals surface area contributed by atoms with Crippen LogP contribution < -0.4 is 0 Å². The van der Waals surface area contributed by atoms with Gasteiger partial charge in [0.25, 0.3) is 5.69 Å². The lowest BCUT2D eigenvalue weighted by atomic mass is 10.1. The lowest BCUT2D eigenvalue weighted by Crippen LogP contribution is -1.91. The van der Waals surface area contributed by atoms with E-state index in [0.29, 0.717) is 21.7 Å². The Morgan fingerprint density at radius 2 is 2.05 bits per heavy atom. The monoisotopic (exact) mass is 288 g/mol. The highest BCUT2D eigenvalue weighted by molar-refractivity contribution is 7.21. The Balaban J connectivity index is 2.15. The molecule has 0 radical (unpaired) electrons. The molecule has 3 rings (SSSR count). The second kappa shape index (κ2) is 4.64. The first-order chi connectivity index (χ1) is 9.54. The van der Waals surface area contributed by atoms with E-state index in [1.165, 1.54) is 29.5 Å². The van der Waals surface area contributed by atoms with Crippen molar-refractivity contribution in [3.05, 3.63) is 57.9 Å². The van der Waals surface area contributed by atoms with Crippen LogP contribution in [0.1, 0.15) is 5.56 Å². The van der Waals surface area contributed by atoms with Crippen LogP contribution in [0.3, 0.4) is 0 Å². The van der Waals surface area contributed by atoms with Crippen LogP contribution in [0.15, 0.2) is 36.4 Å². The van der Waals surface area contributed by atoms with E-state index in [4.69, 9.17) is 0 Å². The average molecular weight is 288 g/mol. The van der Waals surface area contributed by atoms with Crippen molar-refractivity contribution in [3.8, 4) is 10.6 Å². The maximum Gasteiger partial charge on any atom is 0.273 e. The number of nitro groups is 1. The van der Waals surface area contributed by atoms with Crippen LogP contribution in [0.2, 0.25) is 0 Å². The highest BCUT2D eigenvalue weighted by atomic mass is 32.1. The molecule has 2 aromatic carbocycles. The number of aryl methyl sites for hydroxylation is 1. The van der Waals surface area contributed by atoms with E-state index >= 15 is 0 Å². The van der Waals surface area contributed by atoms with Gasteiger partial charge in [-0.1, -0.05) is 12.1 Å². The summed E-state index contributed by atoms with van der Waals surface area (Å²) in [5, 5.41) is 11.6. The van der Waals surface area contributed by atoms with Crippen molar-refractivity contribution in [1.82, 2.24) is 4.98 Å². The van der Waals surface area contributed by atoms with E-state index in [9.17, 15) is 14.5 Å². The minimum absolute atomic E-state index is 0.0629. The van der Waals surface area contributed by atoms with Crippen LogP contribution in [0, 0.1) is 22.9 Å². The zero-order valence-corrected chi connectivity index (χ0v) is 11.3. The third kappa shape index (κ3) is 2.14. The predicted octanol–water partition coefficient (Wildman–Crippen LogP) is 4.32. The third-order valence-corrected chi connectivity index (χ3v) is 4.09. The molecule has 0 atom stereocenters. The van der Waals surface area contributed by atoms with E-state index in [0.717, 1.165) is 4.70 Å². The standard InChI is InChI=1S/C14H9FN2O2S/c1-8-2-3-9(6-12(8)17(18)19)14-16-11-7-10(15)4-5-13(11)20-14/h2-7H,1H3. The zero-order valence-electron chi connectivity index (χ0n) is 10.5. The second-order valence-electron chi connectivity index (χ2n) is 4.39. The highest BCUT2D eigenvalue weighted by Gasteiger charge is 2.14. The Labute approximate surface area is 117 Å². The molecule has 20 heavy (non-hydrogen) atoms. The maximum atomic E-state index is 13.1. The second-order valence-corrected chi connectivity index (χ2v) is 5.42. The van der Waals surface area contributed by atoms with Gasteiger partial charge in [-0.2, -0.15) is 0 Å². The van der Waals surface area contributed by atoms with Gasteiger partial charge < -0.3 is 0 Å². The highest BCUT2D eigenvalue weighted by Crippen LogP contribution is 2.33. The van der Waals surface area contributed by atoms with Crippen molar-refractivity contribution in [2.24, 2.45) is 0 Å². The number of rotatable bonds is 2. The number of thiazole rings is 1. The molecule has 0 aliphatic carbocycles. The number of fused-ring (bicyclic) bond motifs is 1. The molecule has 1 heterocycles. The van der Waals surface area contributed by atoms with E-state index in [-0.39, 0.29) is 11.5 Å². The molecule has 0 amide bonds. The van der Waals surface area contributed by atoms with Gasteiger partial charge in [0, 0.05) is 23.3 Å². The van der Waals surface area contributed by atoms with Crippen LogP contribution >= 0.6 is 11.3 Å². The molecule has 100 valence electrons. The normalized spacial score (nSPS) is 10.9. The fraction of sp³-hybridized carbons (Fsp3) is 0.0714. The molecule has 0 aliphatic rings. The molecule has 0 spiro atoms. The minimum atomic E-state index is -0.411. The molecule has 0 fully saturated rings. The van der Waals surface area contributed by atoms with Gasteiger partial charge in [0.05, 0.1) is 15.1 Å². The summed E-state index contributed by atoms with van der Waals surface area (Å²) in [6.07, 6.45) is 0. The van der Waals surface area contributed by atoms with Crippen LogP contribution in [0.4, 0.5) is 10.1 Å². The van der Waals surface area contributed by atoms with Gasteiger partial charge in [-0.25, -0.2) is 9.37 Å². The molecule has 0 saturated carbocycles. The number of aromatic nitrogens is 1. The minimum Gasteiger partial charge on any atom is -0.258 e. The van der Waals surface area contributed by atoms with E-state index in [1.54, 1.807) is 25.1 Å². The van der Waals surface area contributed by atoms with Crippen LogP contribution in [-0.2, 0) is 0 Å². The summed E-state index contributed by atoms with van der Waals surface area (Å²) in [4.78, 5) is 14.9. The summed E-state index contributed by atoms with van der Waals surface area (Å²) in [5.74, 6) is -0.343. The molecule has 6 heteroatoms. The maximum absolute atomic E-state index is 13.1. The SMILES string of the molecule is Cc1ccc(-c2nc3cc(F)ccc3s2)cc1[N+](=O)[O-]. The van der Waals surface area contributed by atoms with Gasteiger partial charge in [-0.05, 0) is 19.1 Å². The van der Waals surface area contributed by atoms with Crippen molar-refractivity contribution < 1.29 is 9.31 Å². The zero-order chi connectivity index (χ0) is 14.3. The van der Waals surface area contributed by atoms with Gasteiger partial charge in [-0.3, -0.25) is 10.1 Å². The van der Waals surface area contributed by atoms with E-state index < -0.39 is 4.92 Å². The Morgan fingerprint density at radius 3 is 2.80 bits per heavy atom. The summed E-state index contributed by atoms with van der Waals surface area (Å²) in [7, 11) is 0. The molecule has 0 aliphatic heterocycles. The number of hydrogen-bond donors (Lipinski definition) is 0. The number of benzene rings is 2. The summed E-state index contributed by atoms with van der Waals surface area (Å²) in [5.41, 5.74) is 1.90. The van der Waals surface area contributed by atoms with Gasteiger partial charge in [0.15, 0.2) is 0 Å². The molecular formula is C14H9FN2O2S. The van der Waals surface area contributed by atoms with Crippen molar-refractivity contribution in [1.29, 1.82) is 0 Å². The Morgan fingerprint density at radius 1 is 1.25 bits per heavy atom. The molecule has 0 saturated heterocycles. The van der Waals surface area contributed by atoms with Crippen molar-refractivity contribution in [2.45, 2.75) is 6.92 Å². The summed E-state index contributed by atoms with van der Waals surface area (Å²) >= 11 is 1.38. The summed E-state index contributed by atoms with van der Waals surface area (Å²) < 4.78 is 14.0. The number of nitro benzene ring substituents is 1. The van der Waals surface area contributed by atoms with Gasteiger partial charge in [0.2, 0.25) is 0 Å². The van der Waals surface area contributed by atoms with Gasteiger partial charge in [-0.15, -0.1) is 11.3 Å². The molecule has 0 unspecified atom stereocenters. The molecule has 0 bridgehead atoms. The lowest BCUT2D eigenvalue weighted by molar-refractivity contribution is -0.385. The number of hydrogen-bond acceptors (Lipinski definition) is 4. The Bertz CT molecular complexity index is 829. The molecule has 0 N–H and O–H groups in total. The summed E-state index contributed by atoms with van der Waals surface area (Å²) in [6, 6.07) is 9.38. The van der Waals surface area contributed by atoms with Crippen LogP contribution in [0.25, 0.3) is 20.8 Å². The third-order valence-electron chi connectivity index (χ3n) is 3.00. The Hall–Kier alpha value is -2.34. The first kappa shape index (κ1) is 12.7. The van der Waals surface area contributed by atoms with E-state index in [2.05, 4.69) is 4.98 Å². The molecule has 4 nitrogen and oxygen atoms in total. The van der Waals surface area contributed by atoms with Crippen molar-refractivity contribution >= 4 is 27.2 Å². The predicted molar refractivity (Wildman–Crippen MR) is 76.4 cm³/mol. The van der Waals surface area contributed by atoms with Crippen molar-refractivity contribution in [3.63, 3.8) is 0 Å². The number of halogens is 1. The smallest absolute Gasteiger partial charge is 0.258 e. The number of nitrogens with zero attached hydrogens (tertiary/aromatic N) is 2.